The van der Waals surface area contributed by atoms with E-state index in [-0.39, 0.29) is 41.3 Å². The zero-order valence-electron chi connectivity index (χ0n) is 9.18. The first-order valence-corrected chi connectivity index (χ1v) is 4.95. The summed E-state index contributed by atoms with van der Waals surface area (Å²) in [6.45, 7) is 0. The van der Waals surface area contributed by atoms with Crippen LogP contribution in [0, 0.1) is 0 Å². The molecule has 0 amide bonds. The van der Waals surface area contributed by atoms with Gasteiger partial charge in [-0.3, -0.25) is 10.1 Å². The third-order valence-electron chi connectivity index (χ3n) is 2.76. The molecule has 0 unspecified atom stereocenters. The fraction of sp³-hybridized carbons (Fsp3) is 0.364. The molecule has 1 aliphatic heterocycles. The van der Waals surface area contributed by atoms with Gasteiger partial charge in [0.05, 0.1) is 0 Å². The maximum Gasteiger partial charge on any atom is 0.320 e. The molecule has 2 rings (SSSR count). The van der Waals surface area contributed by atoms with Gasteiger partial charge < -0.3 is 10.2 Å². The van der Waals surface area contributed by atoms with E-state index in [2.05, 4.69) is 5.32 Å². The Morgan fingerprint density at radius 1 is 1.31 bits per heavy atom. The molecule has 1 aromatic carbocycles. The van der Waals surface area contributed by atoms with Crippen LogP contribution in [-0.2, 0) is 4.79 Å². The zero-order chi connectivity index (χ0) is 10.8. The Labute approximate surface area is 116 Å². The molecule has 0 bridgehead atoms. The Kier molecular flexibility index (Phi) is 4.80. The van der Waals surface area contributed by atoms with E-state index in [0.717, 1.165) is 12.0 Å². The number of benzene rings is 1. The van der Waals surface area contributed by atoms with Crippen LogP contribution in [0.1, 0.15) is 24.4 Å². The van der Waals surface area contributed by atoms with Crippen molar-refractivity contribution < 1.29 is 15.0 Å². The van der Waals surface area contributed by atoms with E-state index < -0.39 is 12.0 Å². The molecule has 5 heteroatoms. The average molecular weight is 230 g/mol. The Balaban J connectivity index is 0.00000128. The summed E-state index contributed by atoms with van der Waals surface area (Å²) in [6.07, 6.45) is 1.35. The van der Waals surface area contributed by atoms with Crippen molar-refractivity contribution in [1.82, 2.24) is 5.32 Å². The molecule has 0 saturated carbocycles. The van der Waals surface area contributed by atoms with Gasteiger partial charge in [-0.2, -0.15) is 0 Å². The largest absolute Gasteiger partial charge is 0.508 e. The van der Waals surface area contributed by atoms with Crippen LogP contribution in [0.3, 0.4) is 0 Å². The summed E-state index contributed by atoms with van der Waals surface area (Å²) in [5.41, 5.74) is 0.779. The predicted molar refractivity (Wildman–Crippen MR) is 60.4 cm³/mol. The maximum atomic E-state index is 10.7. The third kappa shape index (κ3) is 2.77. The summed E-state index contributed by atoms with van der Waals surface area (Å²) in [4.78, 5) is 10.7. The van der Waals surface area contributed by atoms with Gasteiger partial charge in [-0.15, -0.1) is 0 Å². The van der Waals surface area contributed by atoms with Crippen LogP contribution < -0.4 is 5.32 Å². The Morgan fingerprint density at radius 2 is 2.00 bits per heavy atom. The number of hydrogen-bond donors (Lipinski definition) is 3. The molecular weight excluding hydrogens is 217 g/mol. The smallest absolute Gasteiger partial charge is 0.320 e. The van der Waals surface area contributed by atoms with Crippen LogP contribution >= 0.6 is 0 Å². The third-order valence-corrected chi connectivity index (χ3v) is 2.76. The average Bonchev–Trinajstić information content (AvgIpc) is 2.67. The van der Waals surface area contributed by atoms with Crippen molar-refractivity contribution in [2.75, 3.05) is 0 Å². The number of rotatable bonds is 2. The van der Waals surface area contributed by atoms with Gasteiger partial charge >= 0.3 is 5.97 Å². The molecule has 81 valence electrons. The molecule has 1 aromatic rings. The van der Waals surface area contributed by atoms with Crippen molar-refractivity contribution >= 4 is 35.5 Å². The zero-order valence-corrected chi connectivity index (χ0v) is 11.2. The van der Waals surface area contributed by atoms with Crippen LogP contribution in [0.25, 0.3) is 0 Å². The Morgan fingerprint density at radius 3 is 2.56 bits per heavy atom. The molecule has 0 aromatic heterocycles. The van der Waals surface area contributed by atoms with Crippen LogP contribution in [0.4, 0.5) is 0 Å². The minimum atomic E-state index is -0.826. The molecule has 4 nitrogen and oxygen atoms in total. The van der Waals surface area contributed by atoms with Gasteiger partial charge in [0.25, 0.3) is 0 Å². The van der Waals surface area contributed by atoms with E-state index in [1.807, 2.05) is 12.1 Å². The monoisotopic (exact) mass is 230 g/mol. The van der Waals surface area contributed by atoms with Crippen molar-refractivity contribution in [3.05, 3.63) is 29.8 Å². The molecule has 1 saturated heterocycles. The van der Waals surface area contributed by atoms with Crippen molar-refractivity contribution in [2.24, 2.45) is 0 Å². The summed E-state index contributed by atoms with van der Waals surface area (Å²) in [6, 6.07) is 6.48. The van der Waals surface area contributed by atoms with Crippen LogP contribution in [0.2, 0.25) is 0 Å². The minimum Gasteiger partial charge on any atom is -0.508 e. The summed E-state index contributed by atoms with van der Waals surface area (Å²) < 4.78 is 0. The number of hydrogen-bond acceptors (Lipinski definition) is 3. The second-order valence-corrected chi connectivity index (χ2v) is 3.75. The number of phenolic OH excluding ortho intramolecular Hbond substituents is 1. The van der Waals surface area contributed by atoms with E-state index in [0.29, 0.717) is 6.42 Å². The van der Waals surface area contributed by atoms with Crippen molar-refractivity contribution in [2.45, 2.75) is 24.9 Å². The van der Waals surface area contributed by atoms with E-state index in [1.54, 1.807) is 12.1 Å². The number of para-hydroxylation sites is 1. The second kappa shape index (κ2) is 5.68. The second-order valence-electron chi connectivity index (χ2n) is 3.75. The number of carboxylic acid groups (broad SMARTS) is 1. The van der Waals surface area contributed by atoms with Crippen LogP contribution in [0.5, 0.6) is 5.75 Å². The van der Waals surface area contributed by atoms with E-state index >= 15 is 0 Å². The normalized spacial score (nSPS) is 23.8. The number of aliphatic carboxylic acids is 1. The molecule has 1 aliphatic rings. The quantitative estimate of drug-likeness (QED) is 0.660. The number of nitrogens with one attached hydrogen (secondary N) is 1. The van der Waals surface area contributed by atoms with Gasteiger partial charge in [0.2, 0.25) is 0 Å². The maximum absolute atomic E-state index is 10.7. The molecule has 3 N–H and O–H groups in total. The van der Waals surface area contributed by atoms with E-state index in [9.17, 15) is 9.90 Å². The number of phenols is 1. The Bertz CT molecular complexity index is 383. The molecule has 2 atom stereocenters. The summed E-state index contributed by atoms with van der Waals surface area (Å²) >= 11 is 0. The van der Waals surface area contributed by atoms with E-state index in [4.69, 9.17) is 5.11 Å². The predicted octanol–water partition coefficient (Wildman–Crippen LogP) is 0.889. The fourth-order valence-corrected chi connectivity index (χ4v) is 1.97. The summed E-state index contributed by atoms with van der Waals surface area (Å²) in [7, 11) is 0. The van der Waals surface area contributed by atoms with Crippen molar-refractivity contribution in [3.63, 3.8) is 0 Å². The number of aromatic hydroxyl groups is 1. The molecule has 1 heterocycles. The number of carbonyl (C=O) groups is 1. The topological polar surface area (TPSA) is 69.6 Å². The molecular formula is C11H13NNaO3. The number of carboxylic acids is 1. The molecule has 0 spiro atoms. The first-order chi connectivity index (χ1) is 7.18. The summed E-state index contributed by atoms with van der Waals surface area (Å²) in [5, 5.41) is 21.4. The molecule has 1 radical (unpaired) electrons. The first-order valence-electron chi connectivity index (χ1n) is 4.95. The van der Waals surface area contributed by atoms with Gasteiger partial charge in [0, 0.05) is 41.2 Å². The fourth-order valence-electron chi connectivity index (χ4n) is 1.97. The van der Waals surface area contributed by atoms with Crippen molar-refractivity contribution in [1.29, 1.82) is 0 Å². The van der Waals surface area contributed by atoms with Gasteiger partial charge in [-0.05, 0) is 18.9 Å². The standard InChI is InChI=1S/C11H13NO3.Na/c13-10-4-2-1-3-7(10)8-5-6-9(12-8)11(14)15;/h1-4,8-9,12-13H,5-6H2,(H,14,15);/t8-,9-;/m0./s1. The van der Waals surface area contributed by atoms with Crippen molar-refractivity contribution in [3.8, 4) is 5.75 Å². The van der Waals surface area contributed by atoms with Gasteiger partial charge in [-0.1, -0.05) is 18.2 Å². The summed E-state index contributed by atoms with van der Waals surface area (Å²) in [5.74, 6) is -0.603. The SMILES string of the molecule is O=C(O)[C@@H]1CC[C@@H](c2ccccc2O)N1.[Na]. The Hall–Kier alpha value is -0.550. The first kappa shape index (κ1) is 13.5. The minimum absolute atomic E-state index is 0. The van der Waals surface area contributed by atoms with Gasteiger partial charge in [0.1, 0.15) is 11.8 Å². The van der Waals surface area contributed by atoms with Crippen LogP contribution in [0.15, 0.2) is 24.3 Å². The molecule has 0 aliphatic carbocycles. The molecule has 1 fully saturated rings. The molecule has 16 heavy (non-hydrogen) atoms. The van der Waals surface area contributed by atoms with Gasteiger partial charge in [0.15, 0.2) is 0 Å². The van der Waals surface area contributed by atoms with Crippen LogP contribution in [-0.4, -0.2) is 51.8 Å². The van der Waals surface area contributed by atoms with Gasteiger partial charge in [-0.25, -0.2) is 0 Å². The van der Waals surface area contributed by atoms with E-state index in [1.165, 1.54) is 0 Å².